The largest absolute Gasteiger partial charge is 0.335 e. The zero-order valence-corrected chi connectivity index (χ0v) is 61.1. The molecule has 0 aliphatic heterocycles. The van der Waals surface area contributed by atoms with E-state index in [0.29, 0.717) is 0 Å². The van der Waals surface area contributed by atoms with Gasteiger partial charge in [-0.15, -0.1) is 0 Å². The Balaban J connectivity index is -0.0000000590. The average Bonchev–Trinajstić information content (AvgIpc) is 3.27. The van der Waals surface area contributed by atoms with Gasteiger partial charge in [0.05, 0.1) is 30.5 Å². The Morgan fingerprint density at radius 2 is 0.397 bits per heavy atom. The molecule has 10 heteroatoms. The summed E-state index contributed by atoms with van der Waals surface area (Å²) < 4.78 is 27.6. The topological polar surface area (TPSA) is 132 Å². The molecule has 78 heavy (non-hydrogen) atoms. The Morgan fingerprint density at radius 1 is 0.256 bits per heavy atom. The average molecular weight is 1130 g/mol. The van der Waals surface area contributed by atoms with E-state index in [9.17, 15) is 24.0 Å². The number of hydrogen-bond acceptors (Lipinski definition) is 10. The van der Waals surface area contributed by atoms with Gasteiger partial charge in [-0.2, -0.15) is 0 Å². The smallest absolute Gasteiger partial charge is 0.291 e. The number of hydrogen-bond donors (Lipinski definition) is 0. The summed E-state index contributed by atoms with van der Waals surface area (Å²) >= 11 is 0. The van der Waals surface area contributed by atoms with Crippen LogP contribution in [-0.2, 0) is 47.7 Å². The van der Waals surface area contributed by atoms with Crippen molar-refractivity contribution in [1.82, 2.24) is 0 Å². The maximum Gasteiger partial charge on any atom is 0.291 e. The molecule has 0 aromatic rings. The zero-order chi connectivity index (χ0) is 65.9. The minimum absolute atomic E-state index is 0.113. The molecule has 0 aliphatic carbocycles. The Hall–Kier alpha value is -1.85. The predicted molar refractivity (Wildman–Crippen MR) is 350 cm³/mol. The number of ether oxygens (including phenoxy) is 5. The molecule has 0 fully saturated rings. The van der Waals surface area contributed by atoms with Gasteiger partial charge in [-0.3, -0.25) is 24.0 Å². The van der Waals surface area contributed by atoms with Gasteiger partial charge in [0.25, 0.3) is 12.3 Å². The first kappa shape index (κ1) is 108. The van der Waals surface area contributed by atoms with Crippen LogP contribution in [0.1, 0.15) is 341 Å². The lowest BCUT2D eigenvalue weighted by Crippen LogP contribution is -2.57. The molecule has 0 saturated heterocycles. The van der Waals surface area contributed by atoms with Gasteiger partial charge >= 0.3 is 0 Å². The monoisotopic (exact) mass is 1130 g/mol. The van der Waals surface area contributed by atoms with Gasteiger partial charge in [0.1, 0.15) is 5.92 Å². The molecule has 0 atom stereocenters. The highest BCUT2D eigenvalue weighted by atomic mass is 16.8. The van der Waals surface area contributed by atoms with Gasteiger partial charge in [0, 0.05) is 29.6 Å². The summed E-state index contributed by atoms with van der Waals surface area (Å²) in [6.07, 6.45) is 12.3. The van der Waals surface area contributed by atoms with Crippen molar-refractivity contribution in [2.24, 2.45) is 35.5 Å². The van der Waals surface area contributed by atoms with Crippen molar-refractivity contribution in [3.8, 4) is 0 Å². The highest BCUT2D eigenvalue weighted by molar-refractivity contribution is 6.20. The van der Waals surface area contributed by atoms with Crippen LogP contribution >= 0.6 is 0 Å². The molecule has 0 aromatic heterocycles. The molecule has 0 saturated carbocycles. The van der Waals surface area contributed by atoms with Crippen LogP contribution in [0.5, 0.6) is 0 Å². The third-order valence-electron chi connectivity index (χ3n) is 6.21. The number of carbonyl (C=O) groups is 5. The van der Waals surface area contributed by atoms with E-state index in [1.807, 2.05) is 41.5 Å². The molecule has 10 nitrogen and oxygen atoms in total. The lowest BCUT2D eigenvalue weighted by Gasteiger charge is -2.36. The first-order valence-corrected chi connectivity index (χ1v) is 31.8. The van der Waals surface area contributed by atoms with Crippen LogP contribution in [0, 0.1) is 35.5 Å². The molecule has 484 valence electrons. The molecule has 0 rings (SSSR count). The molecule has 0 spiro atoms. The van der Waals surface area contributed by atoms with Crippen molar-refractivity contribution in [1.29, 1.82) is 0 Å². The Bertz CT molecular complexity index is 986. The van der Waals surface area contributed by atoms with E-state index in [2.05, 4.69) is 138 Å². The van der Waals surface area contributed by atoms with Crippen molar-refractivity contribution in [2.45, 2.75) is 384 Å². The fourth-order valence-electron chi connectivity index (χ4n) is 3.99. The van der Waals surface area contributed by atoms with E-state index in [0.717, 1.165) is 0 Å². The fourth-order valence-corrected chi connectivity index (χ4v) is 3.99. The van der Waals surface area contributed by atoms with Gasteiger partial charge in [0.2, 0.25) is 11.6 Å². The second-order valence-corrected chi connectivity index (χ2v) is 22.0. The predicted octanol–water partition coefficient (Wildman–Crippen LogP) is 22.0. The maximum atomic E-state index is 12.5. The Morgan fingerprint density at radius 3 is 0.487 bits per heavy atom. The first-order chi connectivity index (χ1) is 35.8. The fraction of sp³-hybridized carbons (Fsp3) is 0.926. The Kier molecular flexibility index (Phi) is 116. The summed E-state index contributed by atoms with van der Waals surface area (Å²) in [7, 11) is 0. The minimum Gasteiger partial charge on any atom is -0.335 e. The van der Waals surface area contributed by atoms with Crippen LogP contribution < -0.4 is 0 Å². The van der Waals surface area contributed by atoms with Crippen LogP contribution in [0.2, 0.25) is 0 Å². The molecule has 0 unspecified atom stereocenters. The molecule has 0 aliphatic rings. The van der Waals surface area contributed by atoms with Gasteiger partial charge in [-0.05, 0) is 69.2 Å². The van der Waals surface area contributed by atoms with Gasteiger partial charge in [-0.1, -0.05) is 272 Å². The van der Waals surface area contributed by atoms with Crippen LogP contribution in [0.4, 0.5) is 0 Å². The van der Waals surface area contributed by atoms with Crippen molar-refractivity contribution in [2.75, 3.05) is 0 Å². The number of ketones is 5. The van der Waals surface area contributed by atoms with Crippen molar-refractivity contribution < 1.29 is 47.7 Å². The van der Waals surface area contributed by atoms with Crippen molar-refractivity contribution in [3.63, 3.8) is 0 Å². The molecular weight excluding hydrogens is 977 g/mol. The lowest BCUT2D eigenvalue weighted by molar-refractivity contribution is -0.322. The summed E-state index contributed by atoms with van der Waals surface area (Å²) in [5.41, 5.74) is 0. The van der Waals surface area contributed by atoms with E-state index >= 15 is 0 Å². The highest BCUT2D eigenvalue weighted by Crippen LogP contribution is 2.28. The lowest BCUT2D eigenvalue weighted by atomic mass is 9.80. The summed E-state index contributed by atoms with van der Waals surface area (Å²) in [6.45, 7) is 78.2. The van der Waals surface area contributed by atoms with Crippen LogP contribution in [-0.4, -0.2) is 71.7 Å². The van der Waals surface area contributed by atoms with Crippen LogP contribution in [0.15, 0.2) is 0 Å². The highest BCUT2D eigenvalue weighted by Gasteiger charge is 2.51. The molecule has 0 heterocycles. The number of Topliss-reactive ketones (excluding diaryl/α,β-unsaturated/α-hetero) is 5. The second kappa shape index (κ2) is 84.0. The first-order valence-electron chi connectivity index (χ1n) is 31.8. The summed E-state index contributed by atoms with van der Waals surface area (Å²) in [5.74, 6) is -5.72. The van der Waals surface area contributed by atoms with Crippen molar-refractivity contribution in [3.05, 3.63) is 0 Å². The normalized spacial score (nSPS) is 9.90. The number of carbonyl (C=O) groups excluding carboxylic acids is 5. The Labute approximate surface area is 494 Å². The second-order valence-electron chi connectivity index (χ2n) is 22.0. The quantitative estimate of drug-likeness (QED) is 0.0857. The van der Waals surface area contributed by atoms with E-state index in [4.69, 9.17) is 23.7 Å². The molecular formula is C68H152O10. The molecule has 0 radical (unpaired) electrons. The molecule has 0 amide bonds. The van der Waals surface area contributed by atoms with E-state index < -0.39 is 18.2 Å². The summed E-state index contributed by atoms with van der Waals surface area (Å²) in [4.78, 5) is 60.7. The molecule has 0 bridgehead atoms. The third-order valence-corrected chi connectivity index (χ3v) is 6.21. The van der Waals surface area contributed by atoms with Crippen molar-refractivity contribution >= 4 is 28.9 Å². The van der Waals surface area contributed by atoms with Gasteiger partial charge in [0.15, 0.2) is 17.3 Å². The third kappa shape index (κ3) is 96.4. The van der Waals surface area contributed by atoms with E-state index in [1.165, 1.54) is 64.2 Å². The van der Waals surface area contributed by atoms with Gasteiger partial charge < -0.3 is 23.7 Å². The zero-order valence-electron chi connectivity index (χ0n) is 61.1. The standard InChI is InChI=1S/C15H28O4.C13H22O3.C10H22O3.10C3H8/c1-9(2)13(16)15(18-11(5)6,19-12(7)8)14(17)10(3)4;1-7(2)11(14)10(12(15)8(3)4)13(16)9(5)6;1-7(2)11-10(12-8(3)4)13-9(5)6;10*1-3-2/h9-12H,1-8H3;7-10H,1-6H3;7-10H,1-6H3;10*3H2,1-2H3. The number of rotatable bonds is 20. The maximum absolute atomic E-state index is 12.5. The van der Waals surface area contributed by atoms with Gasteiger partial charge in [-0.25, -0.2) is 0 Å². The summed E-state index contributed by atoms with van der Waals surface area (Å²) in [5, 5.41) is 0. The molecule has 0 aromatic carbocycles. The van der Waals surface area contributed by atoms with Crippen LogP contribution in [0.3, 0.4) is 0 Å². The molecule has 0 N–H and O–H groups in total. The SMILES string of the molecule is CC(C)C(=O)C(C(=O)C(C)C)C(=O)C(C)C.CC(C)OC(OC(C)C)(C(=O)C(C)C)C(=O)C(C)C.CC(C)OC(OC(C)C)OC(C)C.CCC.CCC.CCC.CCC.CCC.CCC.CCC.CCC.CCC.CCC. The van der Waals surface area contributed by atoms with E-state index in [-0.39, 0.29) is 89.0 Å². The minimum atomic E-state index is -1.77. The van der Waals surface area contributed by atoms with E-state index in [1.54, 1.807) is 96.9 Å². The summed E-state index contributed by atoms with van der Waals surface area (Å²) in [6, 6.07) is 0. The van der Waals surface area contributed by atoms with Crippen LogP contribution in [0.25, 0.3) is 0 Å².